The molecule has 89 heavy (non-hydrogen) atoms. The first-order chi connectivity index (χ1) is 43.7. The van der Waals surface area contributed by atoms with Crippen molar-refractivity contribution in [2.45, 2.75) is 455 Å². The number of aliphatic hydroxyl groups is 5. The molecule has 1 rings (SSSR count). The lowest BCUT2D eigenvalue weighted by Gasteiger charge is -2.40. The number of hydrogen-bond donors (Lipinski definition) is 6. The summed E-state index contributed by atoms with van der Waals surface area (Å²) in [5.74, 6) is -0.156. The molecule has 1 aliphatic heterocycles. The molecule has 11 heteroatoms. The third-order valence-electron chi connectivity index (χ3n) is 19.2. The molecule has 0 radical (unpaired) electrons. The number of allylic oxidation sites excluding steroid dienone is 1. The second kappa shape index (κ2) is 67.8. The standard InChI is InChI=1S/C78H151NO10/c1-3-5-7-9-11-13-14-15-16-17-33-37-40-43-46-50-54-58-62-66-74(83)87-67-63-59-55-51-47-44-41-38-35-32-30-28-26-24-22-20-18-19-21-23-25-27-29-31-34-36-39-42-45-49-53-57-61-65-73(82)79-70(71(81)64-60-56-52-48-12-10-8-6-4-2)69-88-78-77(86)76(85)75(84)72(68-80)89-78/h60,64,70-72,75-78,80-81,84-86H,3-59,61-63,65-69H2,1-2H3,(H,79,82)/b64-60+. The fraction of sp³-hybridized carbons (Fsp3) is 0.949. The number of esters is 1. The number of carbonyl (C=O) groups is 2. The molecule has 1 aliphatic rings. The zero-order valence-electron chi connectivity index (χ0n) is 58.9. The second-order valence-corrected chi connectivity index (χ2v) is 27.8. The van der Waals surface area contributed by atoms with Crippen molar-refractivity contribution >= 4 is 11.9 Å². The predicted molar refractivity (Wildman–Crippen MR) is 375 cm³/mol. The van der Waals surface area contributed by atoms with Crippen LogP contribution in [0.1, 0.15) is 412 Å². The Morgan fingerprint density at radius 3 is 1.04 bits per heavy atom. The molecule has 0 aromatic heterocycles. The van der Waals surface area contributed by atoms with Crippen LogP contribution in [0.15, 0.2) is 12.2 Å². The quantitative estimate of drug-likeness (QED) is 0.0195. The van der Waals surface area contributed by atoms with Crippen molar-refractivity contribution in [2.75, 3.05) is 19.8 Å². The Balaban J connectivity index is 1.84. The van der Waals surface area contributed by atoms with Crippen LogP contribution in [0.5, 0.6) is 0 Å². The average molecular weight is 1260 g/mol. The smallest absolute Gasteiger partial charge is 0.305 e. The van der Waals surface area contributed by atoms with E-state index in [0.29, 0.717) is 19.4 Å². The lowest BCUT2D eigenvalue weighted by atomic mass is 9.99. The number of ether oxygens (including phenoxy) is 3. The number of aliphatic hydroxyl groups excluding tert-OH is 5. The molecule has 0 bridgehead atoms. The number of rotatable bonds is 71. The molecule has 0 aromatic carbocycles. The zero-order chi connectivity index (χ0) is 64.4. The number of carbonyl (C=O) groups excluding carboxylic acids is 2. The SMILES string of the molecule is CCCCCCCCC/C=C/C(O)C(COC1OC(CO)C(O)C(O)C1O)NC(=O)CCCCCCCCCCCCCCCCCCCCCCCCCCCCCCCCCCCOC(=O)CCCCCCCCCCCCCCCCCCCCC. The highest BCUT2D eigenvalue weighted by atomic mass is 16.7. The molecule has 7 atom stereocenters. The summed E-state index contributed by atoms with van der Waals surface area (Å²) >= 11 is 0. The number of unbranched alkanes of at least 4 members (excludes halogenated alkanes) is 57. The summed E-state index contributed by atoms with van der Waals surface area (Å²) in [5, 5.41) is 54.3. The molecule has 0 aliphatic carbocycles. The largest absolute Gasteiger partial charge is 0.466 e. The number of amides is 1. The molecule has 1 saturated heterocycles. The molecule has 1 fully saturated rings. The Hall–Kier alpha value is -1.60. The van der Waals surface area contributed by atoms with Crippen molar-refractivity contribution in [1.29, 1.82) is 0 Å². The highest BCUT2D eigenvalue weighted by Crippen LogP contribution is 2.24. The molecule has 6 N–H and O–H groups in total. The maximum Gasteiger partial charge on any atom is 0.305 e. The van der Waals surface area contributed by atoms with Gasteiger partial charge in [0.05, 0.1) is 32.0 Å². The van der Waals surface area contributed by atoms with Crippen LogP contribution in [-0.2, 0) is 23.8 Å². The summed E-state index contributed by atoms with van der Waals surface area (Å²) in [6.07, 6.45) is 75.5. The van der Waals surface area contributed by atoms with Gasteiger partial charge in [0, 0.05) is 12.8 Å². The van der Waals surface area contributed by atoms with Crippen LogP contribution in [0.2, 0.25) is 0 Å². The lowest BCUT2D eigenvalue weighted by molar-refractivity contribution is -0.302. The average Bonchev–Trinajstić information content (AvgIpc) is 2.40. The van der Waals surface area contributed by atoms with Crippen molar-refractivity contribution in [2.24, 2.45) is 0 Å². The molecule has 1 amide bonds. The van der Waals surface area contributed by atoms with Crippen LogP contribution in [0.3, 0.4) is 0 Å². The first kappa shape index (κ1) is 85.4. The van der Waals surface area contributed by atoms with E-state index < -0.39 is 49.5 Å². The van der Waals surface area contributed by atoms with E-state index in [1.807, 2.05) is 6.08 Å². The minimum atomic E-state index is -1.57. The van der Waals surface area contributed by atoms with E-state index in [1.54, 1.807) is 6.08 Å². The minimum Gasteiger partial charge on any atom is -0.466 e. The Kier molecular flexibility index (Phi) is 65.1. The monoisotopic (exact) mass is 1260 g/mol. The maximum atomic E-state index is 13.0. The first-order valence-corrected chi connectivity index (χ1v) is 39.5. The van der Waals surface area contributed by atoms with Gasteiger partial charge in [-0.15, -0.1) is 0 Å². The second-order valence-electron chi connectivity index (χ2n) is 27.8. The van der Waals surface area contributed by atoms with E-state index in [4.69, 9.17) is 14.2 Å². The molecule has 528 valence electrons. The Morgan fingerprint density at radius 1 is 0.404 bits per heavy atom. The van der Waals surface area contributed by atoms with Gasteiger partial charge >= 0.3 is 5.97 Å². The van der Waals surface area contributed by atoms with Gasteiger partial charge in [-0.05, 0) is 32.1 Å². The van der Waals surface area contributed by atoms with Crippen LogP contribution >= 0.6 is 0 Å². The molecule has 0 saturated carbocycles. The molecular weight excluding hydrogens is 1110 g/mol. The fourth-order valence-corrected chi connectivity index (χ4v) is 13.0. The topological polar surface area (TPSA) is 175 Å². The van der Waals surface area contributed by atoms with Crippen molar-refractivity contribution < 1.29 is 49.3 Å². The van der Waals surface area contributed by atoms with Crippen molar-refractivity contribution in [1.82, 2.24) is 5.32 Å². The van der Waals surface area contributed by atoms with Gasteiger partial charge in [-0.2, -0.15) is 0 Å². The summed E-state index contributed by atoms with van der Waals surface area (Å²) in [4.78, 5) is 25.2. The fourth-order valence-electron chi connectivity index (χ4n) is 13.0. The van der Waals surface area contributed by atoms with Gasteiger partial charge in [0.15, 0.2) is 6.29 Å². The molecule has 11 nitrogen and oxygen atoms in total. The summed E-state index contributed by atoms with van der Waals surface area (Å²) < 4.78 is 16.8. The van der Waals surface area contributed by atoms with Gasteiger partial charge < -0.3 is 45.1 Å². The van der Waals surface area contributed by atoms with Crippen LogP contribution in [-0.4, -0.2) is 100 Å². The third kappa shape index (κ3) is 56.5. The van der Waals surface area contributed by atoms with E-state index >= 15 is 0 Å². The summed E-state index contributed by atoms with van der Waals surface area (Å²) in [5.41, 5.74) is 0. The van der Waals surface area contributed by atoms with E-state index in [1.165, 1.54) is 334 Å². The van der Waals surface area contributed by atoms with Crippen LogP contribution in [0, 0.1) is 0 Å². The van der Waals surface area contributed by atoms with E-state index in [0.717, 1.165) is 51.4 Å². The Labute approximate surface area is 550 Å². The van der Waals surface area contributed by atoms with E-state index in [9.17, 15) is 35.1 Å². The van der Waals surface area contributed by atoms with Crippen LogP contribution < -0.4 is 5.32 Å². The Morgan fingerprint density at radius 2 is 0.708 bits per heavy atom. The molecule has 7 unspecified atom stereocenters. The van der Waals surface area contributed by atoms with Gasteiger partial charge in [0.2, 0.25) is 5.91 Å². The Bertz CT molecular complexity index is 1480. The normalized spacial score (nSPS) is 17.7. The number of nitrogens with one attached hydrogen (secondary N) is 1. The van der Waals surface area contributed by atoms with Gasteiger partial charge in [-0.25, -0.2) is 0 Å². The highest BCUT2D eigenvalue weighted by molar-refractivity contribution is 5.76. The van der Waals surface area contributed by atoms with Gasteiger partial charge in [-0.3, -0.25) is 9.59 Å². The van der Waals surface area contributed by atoms with Crippen LogP contribution in [0.4, 0.5) is 0 Å². The molecule has 1 heterocycles. The summed E-state index contributed by atoms with van der Waals surface area (Å²) in [7, 11) is 0. The van der Waals surface area contributed by atoms with E-state index in [-0.39, 0.29) is 18.5 Å². The van der Waals surface area contributed by atoms with Crippen molar-refractivity contribution in [3.05, 3.63) is 12.2 Å². The maximum absolute atomic E-state index is 13.0. The lowest BCUT2D eigenvalue weighted by Crippen LogP contribution is -2.60. The summed E-state index contributed by atoms with van der Waals surface area (Å²) in [6.45, 7) is 4.38. The van der Waals surface area contributed by atoms with Gasteiger partial charge in [-0.1, -0.05) is 379 Å². The molecule has 0 aromatic rings. The summed E-state index contributed by atoms with van der Waals surface area (Å²) in [6, 6.07) is -0.804. The van der Waals surface area contributed by atoms with Crippen LogP contribution in [0.25, 0.3) is 0 Å². The minimum absolute atomic E-state index is 0.0203. The zero-order valence-corrected chi connectivity index (χ0v) is 58.9. The van der Waals surface area contributed by atoms with Crippen molar-refractivity contribution in [3.63, 3.8) is 0 Å². The highest BCUT2D eigenvalue weighted by Gasteiger charge is 2.44. The first-order valence-electron chi connectivity index (χ1n) is 39.5. The van der Waals surface area contributed by atoms with Crippen molar-refractivity contribution in [3.8, 4) is 0 Å². The molecule has 0 spiro atoms. The predicted octanol–water partition coefficient (Wildman–Crippen LogP) is 21.0. The van der Waals surface area contributed by atoms with Gasteiger partial charge in [0.1, 0.15) is 24.4 Å². The molecular formula is C78H151NO10. The number of hydrogen-bond acceptors (Lipinski definition) is 10. The van der Waals surface area contributed by atoms with Gasteiger partial charge in [0.25, 0.3) is 0 Å². The van der Waals surface area contributed by atoms with E-state index in [2.05, 4.69) is 19.2 Å². The third-order valence-corrected chi connectivity index (χ3v) is 19.2.